The number of phenolic OH excluding ortho intramolecular Hbond substituents is 3. The zero-order valence-electron chi connectivity index (χ0n) is 17.6. The summed E-state index contributed by atoms with van der Waals surface area (Å²) in [6.45, 7) is -1.27. The number of rotatable bonds is 5. The van der Waals surface area contributed by atoms with E-state index in [4.69, 9.17) is 13.9 Å². The fourth-order valence-corrected chi connectivity index (χ4v) is 3.73. The molecule has 0 aliphatic carbocycles. The number of aliphatic carboxylic acids is 1. The van der Waals surface area contributed by atoms with Gasteiger partial charge in [-0.25, -0.2) is 4.79 Å². The van der Waals surface area contributed by atoms with Gasteiger partial charge in [0.05, 0.1) is 0 Å². The average molecular weight is 492 g/mol. The van der Waals surface area contributed by atoms with Gasteiger partial charge in [0.25, 0.3) is 5.79 Å². The lowest BCUT2D eigenvalue weighted by Crippen LogP contribution is -2.69. The molecule has 5 atom stereocenters. The van der Waals surface area contributed by atoms with Crippen molar-refractivity contribution in [3.63, 3.8) is 0 Å². The topological polar surface area (TPSA) is 228 Å². The second-order valence-corrected chi connectivity index (χ2v) is 7.84. The number of carboxylic acid groups (broad SMARTS) is 1. The van der Waals surface area contributed by atoms with E-state index >= 15 is 0 Å². The lowest BCUT2D eigenvalue weighted by molar-refractivity contribution is -0.338. The quantitative estimate of drug-likeness (QED) is 0.205. The summed E-state index contributed by atoms with van der Waals surface area (Å²) in [4.78, 5) is 24.1. The summed E-state index contributed by atoms with van der Waals surface area (Å²) < 4.78 is 16.1. The molecule has 3 aromatic rings. The van der Waals surface area contributed by atoms with Crippen molar-refractivity contribution in [3.8, 4) is 34.3 Å². The third-order valence-corrected chi connectivity index (χ3v) is 5.59. The van der Waals surface area contributed by atoms with E-state index in [9.17, 15) is 50.4 Å². The van der Waals surface area contributed by atoms with Gasteiger partial charge in [0.1, 0.15) is 41.3 Å². The second kappa shape index (κ2) is 8.72. The normalized spacial score (nSPS) is 26.5. The number of ether oxygens (including phenoxy) is 2. The fourth-order valence-electron chi connectivity index (χ4n) is 3.73. The summed E-state index contributed by atoms with van der Waals surface area (Å²) in [5.41, 5.74) is -0.709. The molecule has 0 amide bonds. The third kappa shape index (κ3) is 4.00. The maximum absolute atomic E-state index is 12.6. The Morgan fingerprint density at radius 1 is 1.00 bits per heavy atom. The zero-order chi connectivity index (χ0) is 25.7. The molecule has 35 heavy (non-hydrogen) atoms. The highest BCUT2D eigenvalue weighted by atomic mass is 16.7. The molecule has 0 bridgehead atoms. The molecular formula is C22H20O13. The molecule has 1 aliphatic heterocycles. The van der Waals surface area contributed by atoms with E-state index in [-0.39, 0.29) is 17.1 Å². The molecule has 4 rings (SSSR count). The number of fused-ring (bicyclic) bond motifs is 1. The van der Waals surface area contributed by atoms with Gasteiger partial charge in [-0.1, -0.05) is 0 Å². The Morgan fingerprint density at radius 2 is 1.66 bits per heavy atom. The first-order chi connectivity index (χ1) is 16.5. The summed E-state index contributed by atoms with van der Waals surface area (Å²) in [6, 6.07) is 7.52. The van der Waals surface area contributed by atoms with Gasteiger partial charge in [-0.15, -0.1) is 0 Å². The highest BCUT2D eigenvalue weighted by molar-refractivity contribution is 5.89. The van der Waals surface area contributed by atoms with Crippen LogP contribution in [0.4, 0.5) is 0 Å². The molecular weight excluding hydrogens is 472 g/mol. The van der Waals surface area contributed by atoms with Crippen LogP contribution in [0, 0.1) is 0 Å². The second-order valence-electron chi connectivity index (χ2n) is 7.84. The van der Waals surface area contributed by atoms with Gasteiger partial charge in [0.2, 0.25) is 5.75 Å². The van der Waals surface area contributed by atoms with E-state index < -0.39 is 70.8 Å². The van der Waals surface area contributed by atoms with Crippen LogP contribution in [0.25, 0.3) is 22.3 Å². The SMILES string of the molecule is O=C(O)[C@H]1O[C@](CO)(Oc2cc3oc(-c4ccc(O)cc4)cc(=O)c3c(O)c2O)[C@H](O)[C@@H](O)[C@@H]1O. The van der Waals surface area contributed by atoms with Crippen molar-refractivity contribution >= 4 is 16.9 Å². The van der Waals surface area contributed by atoms with E-state index in [2.05, 4.69) is 0 Å². The highest BCUT2D eigenvalue weighted by Crippen LogP contribution is 2.44. The minimum Gasteiger partial charge on any atom is -0.508 e. The Bertz CT molecular complexity index is 1330. The van der Waals surface area contributed by atoms with E-state index in [0.29, 0.717) is 5.56 Å². The molecule has 0 unspecified atom stereocenters. The fraction of sp³-hybridized carbons (Fsp3) is 0.273. The number of carboxylic acids is 1. The molecule has 1 fully saturated rings. The maximum Gasteiger partial charge on any atom is 0.335 e. The standard InChI is InChI=1S/C22H20O13/c23-7-22(20(30)18(29)17(28)19(35-22)21(31)32)34-13-6-12-14(16(27)15(13)26)10(25)5-11(33-12)8-1-3-9(24)4-2-8/h1-6,17-20,23-24,26-30H,7H2,(H,31,32)/t17-,18-,19-,20+,22-/m0/s1. The minimum absolute atomic E-state index is 0.00819. The molecule has 2 heterocycles. The zero-order valence-corrected chi connectivity index (χ0v) is 17.6. The van der Waals surface area contributed by atoms with Crippen LogP contribution >= 0.6 is 0 Å². The van der Waals surface area contributed by atoms with Gasteiger partial charge in [-0.2, -0.15) is 0 Å². The van der Waals surface area contributed by atoms with Crippen molar-refractivity contribution in [2.75, 3.05) is 6.61 Å². The van der Waals surface area contributed by atoms with E-state index in [1.165, 1.54) is 24.3 Å². The lowest BCUT2D eigenvalue weighted by atomic mass is 9.92. The Morgan fingerprint density at radius 3 is 2.26 bits per heavy atom. The molecule has 1 saturated heterocycles. The molecule has 2 aromatic carbocycles. The van der Waals surface area contributed by atoms with E-state index in [0.717, 1.165) is 12.1 Å². The number of hydrogen-bond acceptors (Lipinski definition) is 12. The molecule has 1 aliphatic rings. The molecule has 0 radical (unpaired) electrons. The molecule has 0 spiro atoms. The van der Waals surface area contributed by atoms with Crippen molar-refractivity contribution in [2.24, 2.45) is 0 Å². The first-order valence-corrected chi connectivity index (χ1v) is 10.1. The van der Waals surface area contributed by atoms with Gasteiger partial charge in [-0.05, 0) is 24.3 Å². The van der Waals surface area contributed by atoms with Crippen LogP contribution in [0.15, 0.2) is 45.6 Å². The monoisotopic (exact) mass is 492 g/mol. The molecule has 1 aromatic heterocycles. The van der Waals surface area contributed by atoms with Crippen LogP contribution in [0.3, 0.4) is 0 Å². The molecule has 13 heteroatoms. The third-order valence-electron chi connectivity index (χ3n) is 5.59. The Balaban J connectivity index is 1.84. The summed E-state index contributed by atoms with van der Waals surface area (Å²) in [6.07, 6.45) is -8.59. The number of hydrogen-bond donors (Lipinski definition) is 8. The number of carbonyl (C=O) groups is 1. The molecule has 186 valence electrons. The summed E-state index contributed by atoms with van der Waals surface area (Å²) >= 11 is 0. The smallest absolute Gasteiger partial charge is 0.335 e. The van der Waals surface area contributed by atoms with Crippen molar-refractivity contribution in [3.05, 3.63) is 46.6 Å². The van der Waals surface area contributed by atoms with Crippen LogP contribution in [0.1, 0.15) is 0 Å². The van der Waals surface area contributed by atoms with Crippen molar-refractivity contribution < 1.29 is 59.5 Å². The minimum atomic E-state index is -2.71. The van der Waals surface area contributed by atoms with Crippen LogP contribution in [-0.4, -0.2) is 83.6 Å². The number of aliphatic hydroxyl groups is 4. The summed E-state index contributed by atoms with van der Waals surface area (Å²) in [5.74, 6) is -7.25. The number of aromatic hydroxyl groups is 3. The van der Waals surface area contributed by atoms with Crippen molar-refractivity contribution in [2.45, 2.75) is 30.2 Å². The Kier molecular flexibility index (Phi) is 6.04. The van der Waals surface area contributed by atoms with Gasteiger partial charge in [0.15, 0.2) is 29.1 Å². The first-order valence-electron chi connectivity index (χ1n) is 10.1. The predicted octanol–water partition coefficient (Wildman–Crippen LogP) is -0.790. The molecule has 0 saturated carbocycles. The number of aliphatic hydroxyl groups excluding tert-OH is 4. The summed E-state index contributed by atoms with van der Waals surface area (Å²) in [7, 11) is 0. The van der Waals surface area contributed by atoms with Crippen LogP contribution < -0.4 is 10.2 Å². The summed E-state index contributed by atoms with van der Waals surface area (Å²) in [5, 5.41) is 79.4. The predicted molar refractivity (Wildman–Crippen MR) is 114 cm³/mol. The van der Waals surface area contributed by atoms with Crippen LogP contribution in [0.5, 0.6) is 23.0 Å². The van der Waals surface area contributed by atoms with Crippen LogP contribution in [-0.2, 0) is 9.53 Å². The number of benzene rings is 2. The van der Waals surface area contributed by atoms with Gasteiger partial charge < -0.3 is 54.7 Å². The average Bonchev–Trinajstić information content (AvgIpc) is 2.82. The number of phenols is 3. The van der Waals surface area contributed by atoms with Gasteiger partial charge in [0, 0.05) is 17.7 Å². The highest BCUT2D eigenvalue weighted by Gasteiger charge is 2.57. The van der Waals surface area contributed by atoms with E-state index in [1.807, 2.05) is 0 Å². The van der Waals surface area contributed by atoms with E-state index in [1.54, 1.807) is 0 Å². The molecule has 8 N–H and O–H groups in total. The van der Waals surface area contributed by atoms with Gasteiger partial charge in [-0.3, -0.25) is 4.79 Å². The Hall–Kier alpha value is -3.88. The van der Waals surface area contributed by atoms with Crippen molar-refractivity contribution in [1.29, 1.82) is 0 Å². The maximum atomic E-state index is 12.6. The largest absolute Gasteiger partial charge is 0.508 e. The van der Waals surface area contributed by atoms with Crippen LogP contribution in [0.2, 0.25) is 0 Å². The van der Waals surface area contributed by atoms with Gasteiger partial charge >= 0.3 is 5.97 Å². The molecule has 13 nitrogen and oxygen atoms in total. The lowest BCUT2D eigenvalue weighted by Gasteiger charge is -2.46. The Labute approximate surface area is 194 Å². The van der Waals surface area contributed by atoms with Crippen molar-refractivity contribution in [1.82, 2.24) is 0 Å². The first kappa shape index (κ1) is 24.3.